The van der Waals surface area contributed by atoms with Crippen LogP contribution in [0.5, 0.6) is 0 Å². The maximum absolute atomic E-state index is 9.13. The van der Waals surface area contributed by atoms with Crippen LogP contribution in [-0.4, -0.2) is 42.3 Å². The molecule has 68 valence electrons. The Labute approximate surface area is 69.2 Å². The first-order valence-electron chi connectivity index (χ1n) is 4.30. The fraction of sp³-hybridized carbons (Fsp3) is 1.00. The molecular weight excluding hydrogens is 140 g/mol. The Kier molecular flexibility index (Phi) is 5.46. The summed E-state index contributed by atoms with van der Waals surface area (Å²) >= 11 is 0. The van der Waals surface area contributed by atoms with E-state index in [2.05, 4.69) is 4.90 Å². The monoisotopic (exact) mass is 160 g/mol. The number of aliphatic hydroxyl groups is 1. The van der Waals surface area contributed by atoms with Gasteiger partial charge in [-0.1, -0.05) is 13.8 Å². The largest absolute Gasteiger partial charge is 0.392 e. The zero-order valence-corrected chi connectivity index (χ0v) is 7.75. The van der Waals surface area contributed by atoms with Gasteiger partial charge in [-0.05, 0) is 13.5 Å². The number of nitrogens with zero attached hydrogens (tertiary/aromatic N) is 1. The number of hydrogen-bond acceptors (Lipinski definition) is 3. The smallest absolute Gasteiger partial charge is 0.0682 e. The highest BCUT2D eigenvalue weighted by Crippen LogP contribution is 2.05. The number of aliphatic hydroxyl groups excluding tert-OH is 1. The summed E-state index contributed by atoms with van der Waals surface area (Å²) in [5.41, 5.74) is 5.61. The molecule has 0 aromatic carbocycles. The van der Waals surface area contributed by atoms with Crippen molar-refractivity contribution < 1.29 is 5.11 Å². The van der Waals surface area contributed by atoms with Crippen molar-refractivity contribution >= 4 is 0 Å². The minimum Gasteiger partial charge on any atom is -0.392 e. The van der Waals surface area contributed by atoms with Crippen LogP contribution in [0.3, 0.4) is 0 Å². The lowest BCUT2D eigenvalue weighted by Gasteiger charge is -2.30. The maximum atomic E-state index is 9.13. The van der Waals surface area contributed by atoms with Gasteiger partial charge in [-0.2, -0.15) is 0 Å². The van der Waals surface area contributed by atoms with Gasteiger partial charge in [0, 0.05) is 19.1 Å². The van der Waals surface area contributed by atoms with E-state index in [1.807, 2.05) is 20.9 Å². The molecule has 1 rings (SSSR count). The van der Waals surface area contributed by atoms with Crippen molar-refractivity contribution in [3.05, 3.63) is 0 Å². The minimum absolute atomic E-state index is 0.166. The van der Waals surface area contributed by atoms with Crippen LogP contribution in [0, 0.1) is 0 Å². The van der Waals surface area contributed by atoms with E-state index < -0.39 is 0 Å². The van der Waals surface area contributed by atoms with Gasteiger partial charge >= 0.3 is 0 Å². The molecule has 1 fully saturated rings. The lowest BCUT2D eigenvalue weighted by Crippen LogP contribution is -2.47. The van der Waals surface area contributed by atoms with Crippen LogP contribution in [0.4, 0.5) is 0 Å². The Morgan fingerprint density at radius 3 is 2.27 bits per heavy atom. The normalized spacial score (nSPS) is 32.5. The molecule has 0 spiro atoms. The van der Waals surface area contributed by atoms with E-state index >= 15 is 0 Å². The molecule has 3 N–H and O–H groups in total. The van der Waals surface area contributed by atoms with Crippen LogP contribution in [0.2, 0.25) is 0 Å². The Hall–Kier alpha value is -0.120. The van der Waals surface area contributed by atoms with E-state index in [1.54, 1.807) is 0 Å². The Morgan fingerprint density at radius 1 is 1.36 bits per heavy atom. The van der Waals surface area contributed by atoms with Crippen molar-refractivity contribution in [2.24, 2.45) is 5.73 Å². The molecule has 0 radical (unpaired) electrons. The van der Waals surface area contributed by atoms with Gasteiger partial charge in [0.15, 0.2) is 0 Å². The van der Waals surface area contributed by atoms with E-state index in [-0.39, 0.29) is 12.1 Å². The van der Waals surface area contributed by atoms with Gasteiger partial charge in [0.05, 0.1) is 6.10 Å². The highest BCUT2D eigenvalue weighted by Gasteiger charge is 2.19. The van der Waals surface area contributed by atoms with Crippen molar-refractivity contribution in [3.8, 4) is 0 Å². The molecule has 0 aromatic rings. The van der Waals surface area contributed by atoms with Crippen molar-refractivity contribution in [2.45, 2.75) is 32.4 Å². The van der Waals surface area contributed by atoms with Gasteiger partial charge in [-0.25, -0.2) is 0 Å². The predicted octanol–water partition coefficient (Wildman–Crippen LogP) is 0.0363. The minimum atomic E-state index is -0.209. The Balaban J connectivity index is 0.000000461. The van der Waals surface area contributed by atoms with Gasteiger partial charge in [-0.15, -0.1) is 0 Å². The van der Waals surface area contributed by atoms with Gasteiger partial charge < -0.3 is 15.7 Å². The van der Waals surface area contributed by atoms with Gasteiger partial charge in [0.1, 0.15) is 0 Å². The maximum Gasteiger partial charge on any atom is 0.0682 e. The van der Waals surface area contributed by atoms with Crippen LogP contribution in [0.25, 0.3) is 0 Å². The molecule has 0 bridgehead atoms. The summed E-state index contributed by atoms with van der Waals surface area (Å²) in [6, 6.07) is 0.166. The molecule has 0 aromatic heterocycles. The standard InChI is InChI=1S/C6H14N2O.C2H6/c1-8-3-5(7)2-6(9)4-8;1-2/h5-6,9H,2-4,7H2,1H3;1-2H3. The molecule has 2 unspecified atom stereocenters. The number of nitrogens with two attached hydrogens (primary N) is 1. The van der Waals surface area contributed by atoms with Crippen LogP contribution in [-0.2, 0) is 0 Å². The molecule has 1 heterocycles. The molecule has 1 aliphatic heterocycles. The summed E-state index contributed by atoms with van der Waals surface area (Å²) in [5.74, 6) is 0. The molecule has 1 saturated heterocycles. The summed E-state index contributed by atoms with van der Waals surface area (Å²) in [5, 5.41) is 9.13. The van der Waals surface area contributed by atoms with Crippen LogP contribution in [0.1, 0.15) is 20.3 Å². The summed E-state index contributed by atoms with van der Waals surface area (Å²) < 4.78 is 0. The first-order chi connectivity index (χ1) is 5.18. The first-order valence-corrected chi connectivity index (χ1v) is 4.30. The third-order valence-electron chi connectivity index (χ3n) is 1.64. The topological polar surface area (TPSA) is 49.5 Å². The second-order valence-corrected chi connectivity index (χ2v) is 2.87. The zero-order chi connectivity index (χ0) is 8.85. The van der Waals surface area contributed by atoms with Crippen LogP contribution >= 0.6 is 0 Å². The molecule has 0 amide bonds. The second-order valence-electron chi connectivity index (χ2n) is 2.87. The molecule has 3 nitrogen and oxygen atoms in total. The molecule has 3 heteroatoms. The summed E-state index contributed by atoms with van der Waals surface area (Å²) in [7, 11) is 1.97. The Morgan fingerprint density at radius 2 is 1.91 bits per heavy atom. The molecule has 2 atom stereocenters. The lowest BCUT2D eigenvalue weighted by molar-refractivity contribution is 0.0740. The van der Waals surface area contributed by atoms with E-state index in [0.29, 0.717) is 0 Å². The average molecular weight is 160 g/mol. The number of rotatable bonds is 0. The number of hydrogen-bond donors (Lipinski definition) is 2. The van der Waals surface area contributed by atoms with Crippen molar-refractivity contribution in [1.29, 1.82) is 0 Å². The van der Waals surface area contributed by atoms with Crippen LogP contribution in [0.15, 0.2) is 0 Å². The fourth-order valence-electron chi connectivity index (χ4n) is 1.33. The van der Waals surface area contributed by atoms with Crippen LogP contribution < -0.4 is 5.73 Å². The van der Waals surface area contributed by atoms with Gasteiger partial charge in [0.2, 0.25) is 0 Å². The fourth-order valence-corrected chi connectivity index (χ4v) is 1.33. The summed E-state index contributed by atoms with van der Waals surface area (Å²) in [6.07, 6.45) is 0.545. The average Bonchev–Trinajstić information content (AvgIpc) is 1.88. The van der Waals surface area contributed by atoms with E-state index in [4.69, 9.17) is 10.8 Å². The number of β-amino-alcohol motifs (C(OH)–C–C–N with tert-alkyl or cyclic N) is 1. The van der Waals surface area contributed by atoms with Crippen molar-refractivity contribution in [2.75, 3.05) is 20.1 Å². The first kappa shape index (κ1) is 10.9. The van der Waals surface area contributed by atoms with Crippen molar-refractivity contribution in [3.63, 3.8) is 0 Å². The highest BCUT2D eigenvalue weighted by atomic mass is 16.3. The van der Waals surface area contributed by atoms with E-state index in [0.717, 1.165) is 19.5 Å². The second kappa shape index (κ2) is 5.52. The summed E-state index contributed by atoms with van der Waals surface area (Å²) in [6.45, 7) is 5.69. The third-order valence-corrected chi connectivity index (χ3v) is 1.64. The van der Waals surface area contributed by atoms with Crippen molar-refractivity contribution in [1.82, 2.24) is 4.90 Å². The van der Waals surface area contributed by atoms with Gasteiger partial charge in [0.25, 0.3) is 0 Å². The molecule has 11 heavy (non-hydrogen) atoms. The third kappa shape index (κ3) is 4.35. The molecule has 1 aliphatic rings. The molecule has 0 aliphatic carbocycles. The highest BCUT2D eigenvalue weighted by molar-refractivity contribution is 4.78. The quantitative estimate of drug-likeness (QED) is 0.526. The number of piperidine rings is 1. The molecular formula is C8H20N2O. The summed E-state index contributed by atoms with van der Waals surface area (Å²) in [4.78, 5) is 2.05. The van der Waals surface area contributed by atoms with E-state index in [1.165, 1.54) is 0 Å². The zero-order valence-electron chi connectivity index (χ0n) is 7.75. The predicted molar refractivity (Wildman–Crippen MR) is 47.4 cm³/mol. The number of likely N-dealkylation sites (N-methyl/N-ethyl adjacent to an activating group) is 1. The number of likely N-dealkylation sites (tertiary alicyclic amines) is 1. The Bertz CT molecular complexity index is 73.1. The lowest BCUT2D eigenvalue weighted by atomic mass is 10.1. The van der Waals surface area contributed by atoms with Gasteiger partial charge in [-0.3, -0.25) is 0 Å². The SMILES string of the molecule is CC.CN1CC(N)CC(O)C1. The molecule has 0 saturated carbocycles. The van der Waals surface area contributed by atoms with E-state index in [9.17, 15) is 0 Å².